The van der Waals surface area contributed by atoms with Gasteiger partial charge in [-0.1, -0.05) is 43.3 Å². The number of carbonyl (C=O) groups is 1. The first-order valence-electron chi connectivity index (χ1n) is 12.2. The topological polar surface area (TPSA) is 48.0 Å². The molecule has 0 aromatic heterocycles. The normalized spacial score (nSPS) is 24.5. The molecule has 2 aliphatic rings. The smallest absolute Gasteiger partial charge is 0.302 e. The van der Waals surface area contributed by atoms with Gasteiger partial charge in [0.2, 0.25) is 0 Å². The van der Waals surface area contributed by atoms with E-state index in [2.05, 4.69) is 48.2 Å². The van der Waals surface area contributed by atoms with Crippen LogP contribution in [0.4, 0.5) is 0 Å². The van der Waals surface area contributed by atoms with Gasteiger partial charge in [-0.15, -0.1) is 0 Å². The molecule has 2 fully saturated rings. The van der Waals surface area contributed by atoms with E-state index in [4.69, 9.17) is 14.2 Å². The lowest BCUT2D eigenvalue weighted by molar-refractivity contribution is -0.151. The Balaban J connectivity index is 1.63. The number of methoxy groups -OCH3 is 1. The van der Waals surface area contributed by atoms with Gasteiger partial charge in [-0.3, -0.25) is 9.69 Å². The SMILES string of the molecule is COc1ccc([C@@H]2CN(Cc3ccccc3)C[C@@]2(C)[C@@H](C)OC(C)=O)cc1OC1CCCC1. The minimum Gasteiger partial charge on any atom is -0.493 e. The van der Waals surface area contributed by atoms with Crippen molar-refractivity contribution in [3.63, 3.8) is 0 Å². The molecule has 0 spiro atoms. The summed E-state index contributed by atoms with van der Waals surface area (Å²) in [7, 11) is 1.70. The number of rotatable bonds is 8. The standard InChI is InChI=1S/C28H37NO4/c1-20(32-21(2)30)28(3)19-29(17-22-10-6-5-7-11-22)18-25(28)23-14-15-26(31-4)27(16-23)33-24-12-8-9-13-24/h5-7,10-11,14-16,20,24-25H,8-9,12-13,17-19H2,1-4H3/t20-,25+,28+/m1/s1. The van der Waals surface area contributed by atoms with E-state index in [1.54, 1.807) is 7.11 Å². The maximum absolute atomic E-state index is 11.8. The van der Waals surface area contributed by atoms with Crippen molar-refractivity contribution >= 4 is 5.97 Å². The maximum atomic E-state index is 11.8. The molecule has 1 heterocycles. The van der Waals surface area contributed by atoms with Gasteiger partial charge in [0.1, 0.15) is 6.10 Å². The van der Waals surface area contributed by atoms with Crippen LogP contribution in [-0.2, 0) is 16.1 Å². The second-order valence-corrected chi connectivity index (χ2v) is 9.90. The van der Waals surface area contributed by atoms with Gasteiger partial charge < -0.3 is 14.2 Å². The highest BCUT2D eigenvalue weighted by molar-refractivity contribution is 5.66. The molecule has 0 unspecified atom stereocenters. The Morgan fingerprint density at radius 2 is 1.85 bits per heavy atom. The van der Waals surface area contributed by atoms with Crippen LogP contribution in [0.1, 0.15) is 63.5 Å². The van der Waals surface area contributed by atoms with Crippen molar-refractivity contribution in [1.29, 1.82) is 0 Å². The third-order valence-electron chi connectivity index (χ3n) is 7.51. The number of esters is 1. The molecule has 4 rings (SSSR count). The zero-order chi connectivity index (χ0) is 23.4. The molecule has 33 heavy (non-hydrogen) atoms. The molecule has 178 valence electrons. The first kappa shape index (κ1) is 23.6. The molecule has 1 aliphatic heterocycles. The van der Waals surface area contributed by atoms with Crippen LogP contribution in [0.25, 0.3) is 0 Å². The Morgan fingerprint density at radius 3 is 2.52 bits per heavy atom. The number of likely N-dealkylation sites (tertiary alicyclic amines) is 1. The van der Waals surface area contributed by atoms with E-state index < -0.39 is 0 Å². The number of benzene rings is 2. The molecule has 0 radical (unpaired) electrons. The second-order valence-electron chi connectivity index (χ2n) is 9.90. The Bertz CT molecular complexity index is 940. The van der Waals surface area contributed by atoms with Crippen LogP contribution in [0.15, 0.2) is 48.5 Å². The fourth-order valence-electron chi connectivity index (χ4n) is 5.55. The van der Waals surface area contributed by atoms with E-state index in [0.29, 0.717) is 0 Å². The maximum Gasteiger partial charge on any atom is 0.302 e. The summed E-state index contributed by atoms with van der Waals surface area (Å²) in [5.74, 6) is 1.57. The van der Waals surface area contributed by atoms with Crippen molar-refractivity contribution in [3.8, 4) is 11.5 Å². The summed E-state index contributed by atoms with van der Waals surface area (Å²) in [6.45, 7) is 8.39. The molecular weight excluding hydrogens is 414 g/mol. The van der Waals surface area contributed by atoms with Crippen molar-refractivity contribution in [1.82, 2.24) is 4.90 Å². The van der Waals surface area contributed by atoms with Crippen LogP contribution in [0.2, 0.25) is 0 Å². The predicted molar refractivity (Wildman–Crippen MR) is 130 cm³/mol. The van der Waals surface area contributed by atoms with Crippen molar-refractivity contribution in [3.05, 3.63) is 59.7 Å². The van der Waals surface area contributed by atoms with Crippen LogP contribution < -0.4 is 9.47 Å². The number of hydrogen-bond donors (Lipinski definition) is 0. The van der Waals surface area contributed by atoms with Gasteiger partial charge >= 0.3 is 5.97 Å². The second kappa shape index (κ2) is 10.2. The predicted octanol–water partition coefficient (Wildman–Crippen LogP) is 5.57. The summed E-state index contributed by atoms with van der Waals surface area (Å²) >= 11 is 0. The lowest BCUT2D eigenvalue weighted by Crippen LogP contribution is -2.39. The van der Waals surface area contributed by atoms with Crippen molar-refractivity contribution in [2.45, 2.75) is 71.1 Å². The van der Waals surface area contributed by atoms with Gasteiger partial charge in [-0.2, -0.15) is 0 Å². The molecular formula is C28H37NO4. The van der Waals surface area contributed by atoms with E-state index in [1.165, 1.54) is 30.9 Å². The lowest BCUT2D eigenvalue weighted by atomic mass is 9.72. The van der Waals surface area contributed by atoms with Gasteiger partial charge in [-0.25, -0.2) is 0 Å². The van der Waals surface area contributed by atoms with Gasteiger partial charge in [0.25, 0.3) is 0 Å². The van der Waals surface area contributed by atoms with E-state index >= 15 is 0 Å². The molecule has 0 bridgehead atoms. The van der Waals surface area contributed by atoms with Crippen molar-refractivity contribution < 1.29 is 19.0 Å². The van der Waals surface area contributed by atoms with Gasteiger partial charge in [0.15, 0.2) is 11.5 Å². The summed E-state index contributed by atoms with van der Waals surface area (Å²) < 4.78 is 17.8. The third-order valence-corrected chi connectivity index (χ3v) is 7.51. The van der Waals surface area contributed by atoms with Crippen molar-refractivity contribution in [2.75, 3.05) is 20.2 Å². The highest BCUT2D eigenvalue weighted by atomic mass is 16.5. The van der Waals surface area contributed by atoms with E-state index in [-0.39, 0.29) is 29.5 Å². The third kappa shape index (κ3) is 5.35. The Labute approximate surface area is 198 Å². The summed E-state index contributed by atoms with van der Waals surface area (Å²) in [5, 5.41) is 0. The average molecular weight is 452 g/mol. The van der Waals surface area contributed by atoms with Crippen molar-refractivity contribution in [2.24, 2.45) is 5.41 Å². The van der Waals surface area contributed by atoms with Crippen LogP contribution in [0.3, 0.4) is 0 Å². The van der Waals surface area contributed by atoms with Crippen LogP contribution in [0.5, 0.6) is 11.5 Å². The minimum atomic E-state index is -0.232. The fraction of sp³-hybridized carbons (Fsp3) is 0.536. The summed E-state index contributed by atoms with van der Waals surface area (Å²) in [5.41, 5.74) is 2.28. The van der Waals surface area contributed by atoms with Gasteiger partial charge in [0.05, 0.1) is 13.2 Å². The number of nitrogens with zero attached hydrogens (tertiary/aromatic N) is 1. The van der Waals surface area contributed by atoms with E-state index in [0.717, 1.165) is 44.0 Å². The molecule has 5 nitrogen and oxygen atoms in total. The molecule has 1 saturated carbocycles. The molecule has 0 amide bonds. The lowest BCUT2D eigenvalue weighted by Gasteiger charge is -2.36. The summed E-state index contributed by atoms with van der Waals surface area (Å²) in [6, 6.07) is 16.9. The zero-order valence-electron chi connectivity index (χ0n) is 20.4. The molecule has 1 aliphatic carbocycles. The Morgan fingerprint density at radius 1 is 1.12 bits per heavy atom. The number of hydrogen-bond acceptors (Lipinski definition) is 5. The highest BCUT2D eigenvalue weighted by Gasteiger charge is 2.48. The highest BCUT2D eigenvalue weighted by Crippen LogP contribution is 2.48. The van der Waals surface area contributed by atoms with Crippen LogP contribution >= 0.6 is 0 Å². The molecule has 5 heteroatoms. The molecule has 2 aromatic rings. The first-order valence-corrected chi connectivity index (χ1v) is 12.2. The largest absolute Gasteiger partial charge is 0.493 e. The number of ether oxygens (including phenoxy) is 3. The van der Waals surface area contributed by atoms with E-state index in [9.17, 15) is 4.79 Å². The summed E-state index contributed by atoms with van der Waals surface area (Å²) in [6.07, 6.45) is 4.70. The molecule has 3 atom stereocenters. The van der Waals surface area contributed by atoms with E-state index in [1.807, 2.05) is 19.1 Å². The molecule has 1 saturated heterocycles. The molecule has 0 N–H and O–H groups in total. The van der Waals surface area contributed by atoms with Crippen LogP contribution in [0, 0.1) is 5.41 Å². The van der Waals surface area contributed by atoms with Crippen LogP contribution in [-0.4, -0.2) is 43.3 Å². The van der Waals surface area contributed by atoms with Gasteiger partial charge in [0, 0.05) is 37.9 Å². The summed E-state index contributed by atoms with van der Waals surface area (Å²) in [4.78, 5) is 14.3. The zero-order valence-corrected chi connectivity index (χ0v) is 20.4. The quantitative estimate of drug-likeness (QED) is 0.491. The average Bonchev–Trinajstić information content (AvgIpc) is 3.42. The first-order chi connectivity index (χ1) is 15.9. The Hall–Kier alpha value is -2.53. The van der Waals surface area contributed by atoms with Gasteiger partial charge in [-0.05, 0) is 55.9 Å². The fourth-order valence-corrected chi connectivity index (χ4v) is 5.55. The number of carbonyl (C=O) groups excluding carboxylic acids is 1. The minimum absolute atomic E-state index is 0.201. The monoisotopic (exact) mass is 451 g/mol. The molecule has 2 aromatic carbocycles. The Kier molecular flexibility index (Phi) is 7.28.